The maximum absolute atomic E-state index is 12.8. The van der Waals surface area contributed by atoms with Gasteiger partial charge in [-0.05, 0) is 41.5 Å². The second-order valence-corrected chi connectivity index (χ2v) is 9.69. The van der Waals surface area contributed by atoms with E-state index in [2.05, 4.69) is 15.0 Å². The molecule has 176 valence electrons. The predicted octanol–water partition coefficient (Wildman–Crippen LogP) is 1.64. The van der Waals surface area contributed by atoms with Crippen LogP contribution < -0.4 is 4.74 Å². The smallest absolute Gasteiger partial charge is 0.311 e. The van der Waals surface area contributed by atoms with Gasteiger partial charge in [0.1, 0.15) is 12.4 Å². The molecule has 3 rings (SSSR count). The zero-order valence-electron chi connectivity index (χ0n) is 19.4. The minimum absolute atomic E-state index is 0.268. The number of methoxy groups -OCH3 is 1. The molecule has 3 heterocycles. The number of fused-ring (bicyclic) bond motifs is 1. The van der Waals surface area contributed by atoms with Crippen LogP contribution in [0.5, 0.6) is 5.88 Å². The highest BCUT2D eigenvalue weighted by Crippen LogP contribution is 2.38. The summed E-state index contributed by atoms with van der Waals surface area (Å²) in [4.78, 5) is 38.0. The zero-order valence-corrected chi connectivity index (χ0v) is 19.4. The molecule has 0 aliphatic carbocycles. The quantitative estimate of drug-likeness (QED) is 0.670. The fraction of sp³-hybridized carbons (Fsp3) is 0.667. The van der Waals surface area contributed by atoms with Crippen molar-refractivity contribution in [3.05, 3.63) is 12.7 Å². The summed E-state index contributed by atoms with van der Waals surface area (Å²) < 4.78 is 24.3. The molecule has 1 saturated heterocycles. The van der Waals surface area contributed by atoms with Crippen LogP contribution in [-0.4, -0.2) is 68.6 Å². The fourth-order valence-electron chi connectivity index (χ4n) is 3.11. The van der Waals surface area contributed by atoms with E-state index in [-0.39, 0.29) is 5.88 Å². The average Bonchev–Trinajstić information content (AvgIpc) is 3.28. The van der Waals surface area contributed by atoms with Crippen molar-refractivity contribution < 1.29 is 33.6 Å². The van der Waals surface area contributed by atoms with E-state index in [4.69, 9.17) is 18.9 Å². The molecule has 2 aromatic heterocycles. The molecule has 4 unspecified atom stereocenters. The summed E-state index contributed by atoms with van der Waals surface area (Å²) in [5.74, 6) is -0.756. The molecule has 32 heavy (non-hydrogen) atoms. The topological polar surface area (TPSA) is 135 Å². The van der Waals surface area contributed by atoms with E-state index in [1.165, 1.54) is 19.8 Å². The first-order valence-corrected chi connectivity index (χ1v) is 10.3. The summed E-state index contributed by atoms with van der Waals surface area (Å²) >= 11 is 0. The number of carbonyl (C=O) groups excluding carboxylic acids is 2. The first kappa shape index (κ1) is 23.9. The third-order valence-electron chi connectivity index (χ3n) is 4.97. The molecule has 0 bridgehead atoms. The molecule has 4 atom stereocenters. The highest BCUT2D eigenvalue weighted by molar-refractivity contribution is 5.77. The summed E-state index contributed by atoms with van der Waals surface area (Å²) in [5.41, 5.74) is -0.865. The second-order valence-electron chi connectivity index (χ2n) is 9.69. The van der Waals surface area contributed by atoms with Crippen LogP contribution in [0, 0.1) is 10.8 Å². The fourth-order valence-corrected chi connectivity index (χ4v) is 3.11. The van der Waals surface area contributed by atoms with Crippen molar-refractivity contribution in [2.75, 3.05) is 13.7 Å². The summed E-state index contributed by atoms with van der Waals surface area (Å²) in [7, 11) is 1.46. The summed E-state index contributed by atoms with van der Waals surface area (Å²) in [6.07, 6.45) is -1.21. The molecular weight excluding hydrogens is 420 g/mol. The number of nitrogens with zero attached hydrogens (tertiary/aromatic N) is 4. The molecule has 1 aliphatic heterocycles. The average molecular weight is 450 g/mol. The van der Waals surface area contributed by atoms with Crippen molar-refractivity contribution in [3.8, 4) is 5.88 Å². The van der Waals surface area contributed by atoms with Crippen LogP contribution in [0.3, 0.4) is 0 Å². The van der Waals surface area contributed by atoms with Crippen LogP contribution in [0.15, 0.2) is 12.7 Å². The second kappa shape index (κ2) is 8.62. The van der Waals surface area contributed by atoms with Gasteiger partial charge in [0.15, 0.2) is 29.6 Å². The van der Waals surface area contributed by atoms with Gasteiger partial charge in [-0.1, -0.05) is 0 Å². The molecule has 11 heteroatoms. The van der Waals surface area contributed by atoms with E-state index in [1.807, 2.05) is 0 Å². The Bertz CT molecular complexity index is 992. The number of aromatic nitrogens is 4. The first-order valence-electron chi connectivity index (χ1n) is 10.3. The van der Waals surface area contributed by atoms with Crippen LogP contribution in [-0.2, 0) is 23.8 Å². The molecule has 2 aromatic rings. The third kappa shape index (κ3) is 4.53. The van der Waals surface area contributed by atoms with Crippen LogP contribution in [0.1, 0.15) is 47.8 Å². The summed E-state index contributed by atoms with van der Waals surface area (Å²) in [5, 5.41) is 9.95. The number of aliphatic hydroxyl groups is 1. The predicted molar refractivity (Wildman–Crippen MR) is 112 cm³/mol. The molecule has 1 aliphatic rings. The van der Waals surface area contributed by atoms with Gasteiger partial charge in [-0.25, -0.2) is 9.97 Å². The Balaban J connectivity index is 2.05. The molecule has 1 fully saturated rings. The van der Waals surface area contributed by atoms with Gasteiger partial charge >= 0.3 is 11.9 Å². The van der Waals surface area contributed by atoms with Crippen molar-refractivity contribution in [3.63, 3.8) is 0 Å². The number of ether oxygens (including phenoxy) is 4. The Labute approximate surface area is 186 Å². The van der Waals surface area contributed by atoms with Crippen molar-refractivity contribution >= 4 is 23.1 Å². The molecule has 0 amide bonds. The van der Waals surface area contributed by atoms with Crippen LogP contribution in [0.2, 0.25) is 0 Å². The number of rotatable bonds is 5. The number of hydrogen-bond acceptors (Lipinski definition) is 10. The van der Waals surface area contributed by atoms with Crippen LogP contribution >= 0.6 is 0 Å². The van der Waals surface area contributed by atoms with E-state index in [1.54, 1.807) is 46.1 Å². The largest absolute Gasteiger partial charge is 0.479 e. The SMILES string of the molecule is COc1ncnc2c1ncn2C1OC(CO)C(OC(=O)C(C)(C)C)C1OC(=O)C(C)(C)C. The third-order valence-corrected chi connectivity index (χ3v) is 4.97. The lowest BCUT2D eigenvalue weighted by Gasteiger charge is -2.29. The molecule has 0 saturated carbocycles. The lowest BCUT2D eigenvalue weighted by atomic mass is 9.96. The minimum atomic E-state index is -1.05. The number of hydrogen-bond donors (Lipinski definition) is 1. The molecule has 1 N–H and O–H groups in total. The highest BCUT2D eigenvalue weighted by atomic mass is 16.6. The van der Waals surface area contributed by atoms with Crippen molar-refractivity contribution in [2.45, 2.75) is 66.1 Å². The number of aliphatic hydroxyl groups excluding tert-OH is 1. The van der Waals surface area contributed by atoms with E-state index in [9.17, 15) is 14.7 Å². The van der Waals surface area contributed by atoms with Crippen molar-refractivity contribution in [1.82, 2.24) is 19.5 Å². The monoisotopic (exact) mass is 450 g/mol. The van der Waals surface area contributed by atoms with Gasteiger partial charge in [-0.3, -0.25) is 14.2 Å². The summed E-state index contributed by atoms with van der Waals surface area (Å²) in [6, 6.07) is 0. The van der Waals surface area contributed by atoms with Gasteiger partial charge in [0.25, 0.3) is 0 Å². The lowest BCUT2D eigenvalue weighted by molar-refractivity contribution is -0.178. The Hall–Kier alpha value is -2.79. The Morgan fingerprint density at radius 1 is 1.03 bits per heavy atom. The van der Waals surface area contributed by atoms with Gasteiger partial charge in [-0.2, -0.15) is 4.98 Å². The van der Waals surface area contributed by atoms with Gasteiger partial charge in [0.05, 0.1) is 30.9 Å². The molecule has 0 radical (unpaired) electrons. The molecular formula is C21H30N4O7. The Kier molecular flexibility index (Phi) is 6.43. The van der Waals surface area contributed by atoms with E-state index in [0.29, 0.717) is 11.2 Å². The summed E-state index contributed by atoms with van der Waals surface area (Å²) in [6.45, 7) is 9.81. The molecule has 0 spiro atoms. The van der Waals surface area contributed by atoms with E-state index in [0.717, 1.165) is 0 Å². The lowest BCUT2D eigenvalue weighted by Crippen LogP contribution is -2.44. The Morgan fingerprint density at radius 3 is 2.16 bits per heavy atom. The highest BCUT2D eigenvalue weighted by Gasteiger charge is 2.52. The normalized spacial score (nSPS) is 23.9. The van der Waals surface area contributed by atoms with Crippen molar-refractivity contribution in [1.29, 1.82) is 0 Å². The zero-order chi connectivity index (χ0) is 23.8. The molecule has 0 aromatic carbocycles. The van der Waals surface area contributed by atoms with Crippen LogP contribution in [0.4, 0.5) is 0 Å². The van der Waals surface area contributed by atoms with Gasteiger partial charge in [-0.15, -0.1) is 0 Å². The maximum atomic E-state index is 12.8. The number of imidazole rings is 1. The van der Waals surface area contributed by atoms with Gasteiger partial charge in [0.2, 0.25) is 5.88 Å². The maximum Gasteiger partial charge on any atom is 0.311 e. The van der Waals surface area contributed by atoms with Gasteiger partial charge in [0, 0.05) is 0 Å². The van der Waals surface area contributed by atoms with Crippen LogP contribution in [0.25, 0.3) is 11.2 Å². The number of carbonyl (C=O) groups is 2. The Morgan fingerprint density at radius 2 is 1.62 bits per heavy atom. The van der Waals surface area contributed by atoms with E-state index >= 15 is 0 Å². The first-order chi connectivity index (χ1) is 14.9. The standard InChI is InChI=1S/C21H30N4O7/c1-20(2,3)18(27)31-13-11(8-26)30-17(14(13)32-19(28)21(4,5)6)25-10-24-12-15(25)22-9-23-16(12)29-7/h9-11,13-14,17,26H,8H2,1-7H3. The number of esters is 2. The van der Waals surface area contributed by atoms with Gasteiger partial charge < -0.3 is 24.1 Å². The molecule has 11 nitrogen and oxygen atoms in total. The minimum Gasteiger partial charge on any atom is -0.479 e. The van der Waals surface area contributed by atoms with E-state index < -0.39 is 53.9 Å². The van der Waals surface area contributed by atoms with Crippen molar-refractivity contribution in [2.24, 2.45) is 10.8 Å².